The molecule has 2 saturated heterocycles. The summed E-state index contributed by atoms with van der Waals surface area (Å²) in [5.74, 6) is -2.37. The fraction of sp³-hybridized carbons (Fsp3) is 0.318. The van der Waals surface area contributed by atoms with Crippen molar-refractivity contribution >= 4 is 35.0 Å². The van der Waals surface area contributed by atoms with Crippen LogP contribution in [-0.4, -0.2) is 60.2 Å². The molecule has 1 atom stereocenters. The van der Waals surface area contributed by atoms with Crippen LogP contribution < -0.4 is 4.90 Å². The van der Waals surface area contributed by atoms with Gasteiger partial charge in [-0.25, -0.2) is 8.78 Å². The van der Waals surface area contributed by atoms with E-state index < -0.39 is 17.6 Å². The Morgan fingerprint density at radius 2 is 1.65 bits per heavy atom. The molecule has 6 nitrogen and oxygen atoms in total. The lowest BCUT2D eigenvalue weighted by atomic mass is 10.1. The van der Waals surface area contributed by atoms with Crippen LogP contribution in [0.2, 0.25) is 5.02 Å². The minimum Gasteiger partial charge on any atom is -0.339 e. The number of hydrogen-bond acceptors (Lipinski definition) is 3. The van der Waals surface area contributed by atoms with Crippen LogP contribution in [-0.2, 0) is 9.59 Å². The number of benzene rings is 2. The number of amides is 3. The van der Waals surface area contributed by atoms with E-state index in [4.69, 9.17) is 11.6 Å². The summed E-state index contributed by atoms with van der Waals surface area (Å²) < 4.78 is 27.3. The maximum atomic E-state index is 14.0. The van der Waals surface area contributed by atoms with Crippen LogP contribution in [0.1, 0.15) is 16.8 Å². The number of carbonyl (C=O) groups excluding carboxylic acids is 3. The van der Waals surface area contributed by atoms with Crippen LogP contribution >= 0.6 is 11.6 Å². The average Bonchev–Trinajstić information content (AvgIpc) is 3.14. The van der Waals surface area contributed by atoms with E-state index in [1.807, 2.05) is 0 Å². The first-order valence-electron chi connectivity index (χ1n) is 9.93. The molecule has 0 saturated carbocycles. The van der Waals surface area contributed by atoms with Crippen molar-refractivity contribution in [2.24, 2.45) is 5.92 Å². The second-order valence-electron chi connectivity index (χ2n) is 7.60. The second-order valence-corrected chi connectivity index (χ2v) is 8.01. The number of halogens is 3. The van der Waals surface area contributed by atoms with Crippen molar-refractivity contribution in [2.75, 3.05) is 37.6 Å². The van der Waals surface area contributed by atoms with Crippen molar-refractivity contribution in [1.82, 2.24) is 9.80 Å². The van der Waals surface area contributed by atoms with Crippen molar-refractivity contribution in [3.8, 4) is 0 Å². The zero-order valence-electron chi connectivity index (χ0n) is 16.6. The summed E-state index contributed by atoms with van der Waals surface area (Å²) in [5, 5.41) is 0.0428. The summed E-state index contributed by atoms with van der Waals surface area (Å²) in [4.78, 5) is 42.5. The van der Waals surface area contributed by atoms with Crippen molar-refractivity contribution < 1.29 is 23.2 Å². The molecule has 0 aliphatic carbocycles. The lowest BCUT2D eigenvalue weighted by molar-refractivity contribution is -0.137. The highest BCUT2D eigenvalue weighted by molar-refractivity contribution is 6.33. The molecule has 3 amide bonds. The lowest BCUT2D eigenvalue weighted by Gasteiger charge is -2.36. The third-order valence-corrected chi connectivity index (χ3v) is 5.97. The first-order valence-corrected chi connectivity index (χ1v) is 10.3. The highest BCUT2D eigenvalue weighted by Crippen LogP contribution is 2.28. The molecule has 0 radical (unpaired) electrons. The van der Waals surface area contributed by atoms with E-state index >= 15 is 0 Å². The van der Waals surface area contributed by atoms with E-state index in [1.165, 1.54) is 29.2 Å². The maximum Gasteiger partial charge on any atom is 0.255 e. The van der Waals surface area contributed by atoms with Gasteiger partial charge in [-0.15, -0.1) is 0 Å². The average molecular weight is 448 g/mol. The predicted octanol–water partition coefficient (Wildman–Crippen LogP) is 2.96. The molecule has 31 heavy (non-hydrogen) atoms. The van der Waals surface area contributed by atoms with Gasteiger partial charge >= 0.3 is 0 Å². The Bertz CT molecular complexity index is 1040. The Balaban J connectivity index is 1.37. The van der Waals surface area contributed by atoms with Crippen LogP contribution in [0.25, 0.3) is 0 Å². The molecular formula is C22H20ClF2N3O3. The van der Waals surface area contributed by atoms with Crippen LogP contribution in [0.5, 0.6) is 0 Å². The van der Waals surface area contributed by atoms with Crippen molar-refractivity contribution in [3.05, 3.63) is 64.7 Å². The number of carbonyl (C=O) groups is 3. The molecule has 0 bridgehead atoms. The first kappa shape index (κ1) is 21.2. The Hall–Kier alpha value is -3.00. The van der Waals surface area contributed by atoms with Crippen molar-refractivity contribution in [2.45, 2.75) is 6.42 Å². The Labute approximate surface area is 183 Å². The van der Waals surface area contributed by atoms with Gasteiger partial charge < -0.3 is 14.7 Å². The van der Waals surface area contributed by atoms with E-state index in [0.29, 0.717) is 26.2 Å². The first-order chi connectivity index (χ1) is 14.8. The molecule has 2 fully saturated rings. The quantitative estimate of drug-likeness (QED) is 0.727. The zero-order chi connectivity index (χ0) is 22.1. The summed E-state index contributed by atoms with van der Waals surface area (Å²) in [6.45, 7) is 1.36. The smallest absolute Gasteiger partial charge is 0.255 e. The molecule has 1 unspecified atom stereocenters. The summed E-state index contributed by atoms with van der Waals surface area (Å²) in [6.07, 6.45) is 0.0253. The molecule has 0 aromatic heterocycles. The molecule has 2 heterocycles. The largest absolute Gasteiger partial charge is 0.339 e. The third-order valence-electron chi connectivity index (χ3n) is 5.66. The van der Waals surface area contributed by atoms with Crippen molar-refractivity contribution in [1.29, 1.82) is 0 Å². The van der Waals surface area contributed by atoms with Gasteiger partial charge in [-0.3, -0.25) is 14.4 Å². The monoisotopic (exact) mass is 447 g/mol. The number of hydrogen-bond donors (Lipinski definition) is 0. The van der Waals surface area contributed by atoms with Gasteiger partial charge in [0.1, 0.15) is 11.6 Å². The topological polar surface area (TPSA) is 60.9 Å². The van der Waals surface area contributed by atoms with Gasteiger partial charge in [0.2, 0.25) is 11.8 Å². The summed E-state index contributed by atoms with van der Waals surface area (Å²) in [5.41, 5.74) is 0.388. The maximum absolute atomic E-state index is 14.0. The SMILES string of the molecule is O=C(c1ccc(F)cc1Cl)N1CCN(C(=O)C2CC(=O)N(c3ccccc3F)C2)CC1. The Morgan fingerprint density at radius 1 is 0.968 bits per heavy atom. The third kappa shape index (κ3) is 4.25. The van der Waals surface area contributed by atoms with Gasteiger partial charge in [0, 0.05) is 39.1 Å². The van der Waals surface area contributed by atoms with Crippen LogP contribution in [0.15, 0.2) is 42.5 Å². The number of anilines is 1. The van der Waals surface area contributed by atoms with Crippen LogP contribution in [0.3, 0.4) is 0 Å². The molecule has 0 N–H and O–H groups in total. The van der Waals surface area contributed by atoms with Gasteiger partial charge in [-0.2, -0.15) is 0 Å². The Kier molecular flexibility index (Phi) is 5.91. The van der Waals surface area contributed by atoms with Gasteiger partial charge in [0.15, 0.2) is 0 Å². The van der Waals surface area contributed by atoms with Crippen LogP contribution in [0, 0.1) is 17.6 Å². The molecular weight excluding hydrogens is 428 g/mol. The van der Waals surface area contributed by atoms with E-state index in [-0.39, 0.29) is 47.0 Å². The lowest BCUT2D eigenvalue weighted by Crippen LogP contribution is -2.52. The molecule has 162 valence electrons. The summed E-state index contributed by atoms with van der Waals surface area (Å²) >= 11 is 5.98. The minimum absolute atomic E-state index is 0.0253. The zero-order valence-corrected chi connectivity index (χ0v) is 17.3. The minimum atomic E-state index is -0.555. The van der Waals surface area contributed by atoms with Crippen molar-refractivity contribution in [3.63, 3.8) is 0 Å². The van der Waals surface area contributed by atoms with Gasteiger partial charge in [0.25, 0.3) is 5.91 Å². The number of piperazine rings is 1. The predicted molar refractivity (Wildman–Crippen MR) is 111 cm³/mol. The summed E-state index contributed by atoms with van der Waals surface area (Å²) in [7, 11) is 0. The molecule has 4 rings (SSSR count). The number of para-hydroxylation sites is 1. The fourth-order valence-electron chi connectivity index (χ4n) is 4.00. The molecule has 2 aromatic carbocycles. The number of rotatable bonds is 3. The second kappa shape index (κ2) is 8.63. The summed E-state index contributed by atoms with van der Waals surface area (Å²) in [6, 6.07) is 9.60. The van der Waals surface area contributed by atoms with E-state index in [9.17, 15) is 23.2 Å². The van der Waals surface area contributed by atoms with E-state index in [1.54, 1.807) is 21.9 Å². The highest BCUT2D eigenvalue weighted by Gasteiger charge is 2.39. The molecule has 9 heteroatoms. The molecule has 0 spiro atoms. The van der Waals surface area contributed by atoms with E-state index in [2.05, 4.69) is 0 Å². The van der Waals surface area contributed by atoms with Gasteiger partial charge in [-0.05, 0) is 30.3 Å². The molecule has 2 aromatic rings. The normalized spacial score (nSPS) is 19.1. The van der Waals surface area contributed by atoms with Gasteiger partial charge in [-0.1, -0.05) is 23.7 Å². The number of nitrogens with zero attached hydrogens (tertiary/aromatic N) is 3. The Morgan fingerprint density at radius 3 is 2.32 bits per heavy atom. The fourth-order valence-corrected chi connectivity index (χ4v) is 4.25. The molecule has 2 aliphatic heterocycles. The van der Waals surface area contributed by atoms with E-state index in [0.717, 1.165) is 6.07 Å². The van der Waals surface area contributed by atoms with Gasteiger partial charge in [0.05, 0.1) is 22.2 Å². The highest BCUT2D eigenvalue weighted by atomic mass is 35.5. The standard InChI is InChI=1S/C22H20ClF2N3O3/c23-17-12-15(24)5-6-16(17)22(31)27-9-7-26(8-10-27)21(30)14-11-20(29)28(13-14)19-4-2-1-3-18(19)25/h1-6,12,14H,7-11,13H2. The molecule has 2 aliphatic rings. The van der Waals surface area contributed by atoms with Crippen LogP contribution in [0.4, 0.5) is 14.5 Å².